The summed E-state index contributed by atoms with van der Waals surface area (Å²) in [5.74, 6) is -0.106. The van der Waals surface area contributed by atoms with Crippen LogP contribution in [0.5, 0.6) is 0 Å². The molecule has 1 amide bonds. The standard InChI is InChI=1S/C23H24N4O3S2/c1-3-30-22(29)20-15-8-6-10-17(15)32-21(20)24-19(28)12-31-23-26-25-18-11-13(2)14-7-4-5-9-16(14)27(18)23/h4-5,7,9,11,15,17H,3,6,8,10,12H2,1-2H3,(H,24,28). The Balaban J connectivity index is 1.35. The van der Waals surface area contributed by atoms with Crippen molar-refractivity contribution in [2.75, 3.05) is 12.4 Å². The van der Waals surface area contributed by atoms with Crippen molar-refractivity contribution in [1.82, 2.24) is 19.9 Å². The summed E-state index contributed by atoms with van der Waals surface area (Å²) < 4.78 is 7.26. The number of pyridine rings is 1. The van der Waals surface area contributed by atoms with E-state index in [0.29, 0.717) is 27.6 Å². The van der Waals surface area contributed by atoms with Crippen LogP contribution in [0.3, 0.4) is 0 Å². The van der Waals surface area contributed by atoms with Crippen LogP contribution in [0.25, 0.3) is 16.6 Å². The molecule has 2 aliphatic rings. The van der Waals surface area contributed by atoms with E-state index < -0.39 is 0 Å². The molecule has 0 radical (unpaired) electrons. The van der Waals surface area contributed by atoms with Crippen molar-refractivity contribution in [3.05, 3.63) is 46.5 Å². The fourth-order valence-electron chi connectivity index (χ4n) is 4.59. The molecular formula is C23H24N4O3S2. The number of rotatable bonds is 6. The SMILES string of the molecule is CCOC(=O)C1=C(NC(=O)CSc2nnc3cc(C)c4ccccc4n23)SC2CCCC12. The zero-order valence-corrected chi connectivity index (χ0v) is 19.6. The minimum atomic E-state index is -0.303. The number of aromatic nitrogens is 3. The van der Waals surface area contributed by atoms with Crippen molar-refractivity contribution in [3.63, 3.8) is 0 Å². The monoisotopic (exact) mass is 468 g/mol. The Labute approximate surface area is 194 Å². The van der Waals surface area contributed by atoms with E-state index in [9.17, 15) is 9.59 Å². The lowest BCUT2D eigenvalue weighted by Crippen LogP contribution is -2.26. The summed E-state index contributed by atoms with van der Waals surface area (Å²) in [4.78, 5) is 25.4. The number of carbonyl (C=O) groups excluding carboxylic acids is 2. The van der Waals surface area contributed by atoms with E-state index >= 15 is 0 Å². The zero-order chi connectivity index (χ0) is 22.2. The van der Waals surface area contributed by atoms with Gasteiger partial charge < -0.3 is 10.1 Å². The van der Waals surface area contributed by atoms with E-state index in [1.165, 1.54) is 11.8 Å². The Morgan fingerprint density at radius 1 is 1.28 bits per heavy atom. The largest absolute Gasteiger partial charge is 0.463 e. The Hall–Kier alpha value is -2.52. The van der Waals surface area contributed by atoms with Crippen LogP contribution >= 0.6 is 23.5 Å². The first-order valence-corrected chi connectivity index (χ1v) is 12.7. The average molecular weight is 469 g/mol. The highest BCUT2D eigenvalue weighted by Gasteiger charge is 2.43. The number of carbonyl (C=O) groups is 2. The summed E-state index contributed by atoms with van der Waals surface area (Å²) in [5, 5.41) is 14.4. The van der Waals surface area contributed by atoms with E-state index in [1.807, 2.05) is 28.7 Å². The molecule has 9 heteroatoms. The zero-order valence-electron chi connectivity index (χ0n) is 18.0. The molecule has 1 aliphatic carbocycles. The van der Waals surface area contributed by atoms with Gasteiger partial charge in [0.25, 0.3) is 0 Å². The van der Waals surface area contributed by atoms with Gasteiger partial charge in [-0.25, -0.2) is 4.79 Å². The van der Waals surface area contributed by atoms with Crippen LogP contribution in [0.1, 0.15) is 31.7 Å². The number of para-hydroxylation sites is 1. The molecule has 32 heavy (non-hydrogen) atoms. The van der Waals surface area contributed by atoms with Gasteiger partial charge in [-0.15, -0.1) is 22.0 Å². The first-order chi connectivity index (χ1) is 15.6. The molecule has 0 saturated heterocycles. The van der Waals surface area contributed by atoms with Gasteiger partial charge in [0.2, 0.25) is 5.91 Å². The number of fused-ring (bicyclic) bond motifs is 4. The molecule has 1 fully saturated rings. The van der Waals surface area contributed by atoms with E-state index in [4.69, 9.17) is 4.74 Å². The molecule has 5 rings (SSSR count). The molecule has 1 saturated carbocycles. The number of hydrogen-bond donors (Lipinski definition) is 1. The highest BCUT2D eigenvalue weighted by atomic mass is 32.2. The van der Waals surface area contributed by atoms with Gasteiger partial charge in [0, 0.05) is 16.6 Å². The smallest absolute Gasteiger partial charge is 0.336 e. The number of thioether (sulfide) groups is 2. The molecule has 1 N–H and O–H groups in total. The number of hydrogen-bond acceptors (Lipinski definition) is 7. The van der Waals surface area contributed by atoms with Gasteiger partial charge >= 0.3 is 5.97 Å². The molecule has 3 aromatic rings. The van der Waals surface area contributed by atoms with Crippen molar-refractivity contribution >= 4 is 52.0 Å². The first kappa shape index (κ1) is 21.3. The normalized spacial score (nSPS) is 20.2. The number of aryl methyl sites for hydroxylation is 1. The predicted octanol–water partition coefficient (Wildman–Crippen LogP) is 4.09. The summed E-state index contributed by atoms with van der Waals surface area (Å²) in [6, 6.07) is 10.1. The third-order valence-electron chi connectivity index (χ3n) is 5.99. The van der Waals surface area contributed by atoms with Crippen LogP contribution in [0.2, 0.25) is 0 Å². The van der Waals surface area contributed by atoms with Gasteiger partial charge in [0.15, 0.2) is 10.8 Å². The lowest BCUT2D eigenvalue weighted by molar-refractivity contribution is -0.139. The van der Waals surface area contributed by atoms with E-state index in [-0.39, 0.29) is 23.5 Å². The number of amides is 1. The van der Waals surface area contributed by atoms with Crippen LogP contribution in [0.15, 0.2) is 46.1 Å². The molecule has 3 heterocycles. The van der Waals surface area contributed by atoms with E-state index in [1.54, 1.807) is 18.7 Å². The molecule has 166 valence electrons. The van der Waals surface area contributed by atoms with Crippen molar-refractivity contribution < 1.29 is 14.3 Å². The molecule has 2 unspecified atom stereocenters. The van der Waals surface area contributed by atoms with Gasteiger partial charge in [-0.1, -0.05) is 36.4 Å². The second-order valence-electron chi connectivity index (χ2n) is 8.01. The Morgan fingerprint density at radius 3 is 2.97 bits per heavy atom. The highest BCUT2D eigenvalue weighted by molar-refractivity contribution is 8.04. The van der Waals surface area contributed by atoms with Gasteiger partial charge in [0.1, 0.15) is 0 Å². The molecule has 2 atom stereocenters. The lowest BCUT2D eigenvalue weighted by atomic mass is 9.98. The number of esters is 1. The second-order valence-corrected chi connectivity index (χ2v) is 10.2. The van der Waals surface area contributed by atoms with Gasteiger partial charge in [0.05, 0.1) is 28.5 Å². The molecule has 2 aromatic heterocycles. The van der Waals surface area contributed by atoms with Crippen molar-refractivity contribution in [3.8, 4) is 0 Å². The fourth-order valence-corrected chi connectivity index (χ4v) is 6.90. The van der Waals surface area contributed by atoms with Crippen molar-refractivity contribution in [1.29, 1.82) is 0 Å². The van der Waals surface area contributed by atoms with Crippen LogP contribution in [0.4, 0.5) is 0 Å². The minimum absolute atomic E-state index is 0.160. The molecule has 0 bridgehead atoms. The van der Waals surface area contributed by atoms with Gasteiger partial charge in [-0.2, -0.15) is 0 Å². The van der Waals surface area contributed by atoms with Crippen LogP contribution < -0.4 is 5.32 Å². The second kappa shape index (κ2) is 8.78. The average Bonchev–Trinajstić information content (AvgIpc) is 3.47. The summed E-state index contributed by atoms with van der Waals surface area (Å²) in [7, 11) is 0. The Morgan fingerprint density at radius 2 is 2.12 bits per heavy atom. The number of benzene rings is 1. The molecule has 1 aliphatic heterocycles. The summed E-state index contributed by atoms with van der Waals surface area (Å²) in [5.41, 5.74) is 3.56. The fraction of sp³-hybridized carbons (Fsp3) is 0.391. The Bertz CT molecular complexity index is 1250. The third kappa shape index (κ3) is 3.77. The maximum absolute atomic E-state index is 12.8. The van der Waals surface area contributed by atoms with E-state index in [2.05, 4.69) is 28.5 Å². The number of nitrogens with one attached hydrogen (secondary N) is 1. The first-order valence-electron chi connectivity index (χ1n) is 10.8. The van der Waals surface area contributed by atoms with E-state index in [0.717, 1.165) is 41.4 Å². The molecule has 1 aromatic carbocycles. The number of nitrogens with zero attached hydrogens (tertiary/aromatic N) is 3. The maximum atomic E-state index is 12.8. The van der Waals surface area contributed by atoms with Gasteiger partial charge in [-0.3, -0.25) is 9.20 Å². The predicted molar refractivity (Wildman–Crippen MR) is 126 cm³/mol. The van der Waals surface area contributed by atoms with Crippen molar-refractivity contribution in [2.24, 2.45) is 5.92 Å². The quantitative estimate of drug-likeness (QED) is 0.431. The summed E-state index contributed by atoms with van der Waals surface area (Å²) >= 11 is 2.94. The number of ether oxygens (including phenoxy) is 1. The van der Waals surface area contributed by atoms with Crippen molar-refractivity contribution in [2.45, 2.75) is 43.5 Å². The van der Waals surface area contributed by atoms with Crippen LogP contribution in [-0.2, 0) is 14.3 Å². The lowest BCUT2D eigenvalue weighted by Gasteiger charge is -2.12. The summed E-state index contributed by atoms with van der Waals surface area (Å²) in [6.45, 7) is 4.19. The highest BCUT2D eigenvalue weighted by Crippen LogP contribution is 2.49. The van der Waals surface area contributed by atoms with Crippen LogP contribution in [0, 0.1) is 12.8 Å². The Kier molecular flexibility index (Phi) is 5.86. The third-order valence-corrected chi connectivity index (χ3v) is 8.35. The summed E-state index contributed by atoms with van der Waals surface area (Å²) in [6.07, 6.45) is 3.14. The maximum Gasteiger partial charge on any atom is 0.336 e. The minimum Gasteiger partial charge on any atom is -0.463 e. The van der Waals surface area contributed by atoms with Gasteiger partial charge in [-0.05, 0) is 44.4 Å². The topological polar surface area (TPSA) is 85.6 Å². The molecular weight excluding hydrogens is 444 g/mol. The van der Waals surface area contributed by atoms with Crippen LogP contribution in [-0.4, -0.2) is 44.1 Å². The molecule has 0 spiro atoms. The molecule has 7 nitrogen and oxygen atoms in total.